The number of piperidine rings is 1. The predicted octanol–water partition coefficient (Wildman–Crippen LogP) is 1.27. The number of thiol groups is 1. The molecule has 0 bridgehead atoms. The minimum atomic E-state index is -2.33. The summed E-state index contributed by atoms with van der Waals surface area (Å²) < 4.78 is 21.7. The minimum absolute atomic E-state index is 0.176. The van der Waals surface area contributed by atoms with Gasteiger partial charge in [-0.15, -0.1) is 0 Å². The van der Waals surface area contributed by atoms with Gasteiger partial charge in [-0.25, -0.2) is 8.42 Å². The van der Waals surface area contributed by atoms with E-state index in [1.54, 1.807) is 0 Å². The van der Waals surface area contributed by atoms with Crippen molar-refractivity contribution >= 4 is 10.7 Å². The highest BCUT2D eigenvalue weighted by molar-refractivity contribution is 7.71. The van der Waals surface area contributed by atoms with Crippen LogP contribution in [-0.2, 0) is 16.5 Å². The van der Waals surface area contributed by atoms with Crippen molar-refractivity contribution in [3.05, 3.63) is 35.4 Å². The first-order valence-electron chi connectivity index (χ1n) is 5.67. The van der Waals surface area contributed by atoms with E-state index in [9.17, 15) is 8.42 Å². The van der Waals surface area contributed by atoms with Crippen molar-refractivity contribution in [3.63, 3.8) is 0 Å². The first kappa shape index (κ1) is 11.6. The Kier molecular flexibility index (Phi) is 3.96. The fourth-order valence-electron chi connectivity index (χ4n) is 2.35. The summed E-state index contributed by atoms with van der Waals surface area (Å²) in [5.41, 5.74) is 2.20. The maximum Gasteiger partial charge on any atom is 0.144 e. The standard InChI is InChI=1S/C12H17NO2S/c14-16(15)9-11-3-1-2-4-12(11)10-5-7-13-8-6-10/h1-4,10,13,16H,5-9H2. The molecule has 1 aromatic carbocycles. The Morgan fingerprint density at radius 3 is 2.56 bits per heavy atom. The molecule has 3 nitrogen and oxygen atoms in total. The van der Waals surface area contributed by atoms with E-state index in [0.717, 1.165) is 31.5 Å². The van der Waals surface area contributed by atoms with E-state index < -0.39 is 10.7 Å². The third-order valence-electron chi connectivity index (χ3n) is 3.13. The van der Waals surface area contributed by atoms with Crippen molar-refractivity contribution in [2.45, 2.75) is 24.5 Å². The zero-order chi connectivity index (χ0) is 11.4. The molecule has 4 heteroatoms. The van der Waals surface area contributed by atoms with Crippen LogP contribution in [0.4, 0.5) is 0 Å². The lowest BCUT2D eigenvalue weighted by Gasteiger charge is -2.24. The Morgan fingerprint density at radius 2 is 1.88 bits per heavy atom. The summed E-state index contributed by atoms with van der Waals surface area (Å²) >= 11 is 0. The largest absolute Gasteiger partial charge is 0.317 e. The van der Waals surface area contributed by atoms with Gasteiger partial charge in [0.25, 0.3) is 0 Å². The Labute approximate surface area is 97.8 Å². The highest BCUT2D eigenvalue weighted by Gasteiger charge is 2.17. The van der Waals surface area contributed by atoms with Crippen molar-refractivity contribution in [2.75, 3.05) is 13.1 Å². The second-order valence-electron chi connectivity index (χ2n) is 4.21. The van der Waals surface area contributed by atoms with Gasteiger partial charge in [0.1, 0.15) is 10.7 Å². The minimum Gasteiger partial charge on any atom is -0.317 e. The fraction of sp³-hybridized carbons (Fsp3) is 0.500. The number of hydrogen-bond acceptors (Lipinski definition) is 3. The molecule has 0 aromatic heterocycles. The van der Waals surface area contributed by atoms with E-state index >= 15 is 0 Å². The van der Waals surface area contributed by atoms with Gasteiger partial charge in [-0.1, -0.05) is 24.3 Å². The van der Waals surface area contributed by atoms with Crippen molar-refractivity contribution in [1.29, 1.82) is 0 Å². The van der Waals surface area contributed by atoms with Crippen LogP contribution < -0.4 is 5.32 Å². The molecule has 0 aliphatic carbocycles. The van der Waals surface area contributed by atoms with Gasteiger partial charge in [0.2, 0.25) is 0 Å². The smallest absolute Gasteiger partial charge is 0.144 e. The van der Waals surface area contributed by atoms with Crippen molar-refractivity contribution < 1.29 is 8.42 Å². The molecular weight excluding hydrogens is 222 g/mol. The lowest BCUT2D eigenvalue weighted by atomic mass is 9.87. The second-order valence-corrected chi connectivity index (χ2v) is 5.20. The van der Waals surface area contributed by atoms with Gasteiger partial charge in [0.15, 0.2) is 0 Å². The summed E-state index contributed by atoms with van der Waals surface area (Å²) in [6.07, 6.45) is 2.21. The summed E-state index contributed by atoms with van der Waals surface area (Å²) in [6.45, 7) is 2.06. The van der Waals surface area contributed by atoms with Crippen LogP contribution in [0.2, 0.25) is 0 Å². The maximum atomic E-state index is 10.8. The van der Waals surface area contributed by atoms with Crippen LogP contribution in [-0.4, -0.2) is 21.5 Å². The SMILES string of the molecule is O=[SH](=O)Cc1ccccc1C1CCNCC1. The maximum absolute atomic E-state index is 10.8. The quantitative estimate of drug-likeness (QED) is 0.781. The molecule has 0 spiro atoms. The molecule has 2 rings (SSSR count). The molecule has 16 heavy (non-hydrogen) atoms. The molecule has 1 aliphatic rings. The summed E-state index contributed by atoms with van der Waals surface area (Å²) in [5, 5.41) is 3.33. The summed E-state index contributed by atoms with van der Waals surface area (Å²) in [4.78, 5) is 0. The summed E-state index contributed by atoms with van der Waals surface area (Å²) in [7, 11) is -2.33. The Bertz CT molecular complexity index is 415. The van der Waals surface area contributed by atoms with Gasteiger partial charge >= 0.3 is 0 Å². The van der Waals surface area contributed by atoms with Crippen molar-refractivity contribution in [3.8, 4) is 0 Å². The number of hydrogen-bond donors (Lipinski definition) is 2. The van der Waals surface area contributed by atoms with Gasteiger partial charge in [-0.05, 0) is 43.0 Å². The van der Waals surface area contributed by atoms with Gasteiger partial charge in [0, 0.05) is 0 Å². The monoisotopic (exact) mass is 239 g/mol. The molecule has 1 fully saturated rings. The molecule has 0 amide bonds. The fourth-order valence-corrected chi connectivity index (χ4v) is 2.91. The van der Waals surface area contributed by atoms with Crippen LogP contribution in [0.3, 0.4) is 0 Å². The first-order chi connectivity index (χ1) is 7.77. The highest BCUT2D eigenvalue weighted by Crippen LogP contribution is 2.28. The predicted molar refractivity (Wildman–Crippen MR) is 65.3 cm³/mol. The van der Waals surface area contributed by atoms with Gasteiger partial charge in [-0.3, -0.25) is 0 Å². The van der Waals surface area contributed by atoms with E-state index in [1.165, 1.54) is 5.56 Å². The number of rotatable bonds is 3. The van der Waals surface area contributed by atoms with Crippen molar-refractivity contribution in [2.24, 2.45) is 0 Å². The summed E-state index contributed by atoms with van der Waals surface area (Å²) in [6, 6.07) is 7.92. The Morgan fingerprint density at radius 1 is 1.19 bits per heavy atom. The topological polar surface area (TPSA) is 46.2 Å². The molecule has 1 saturated heterocycles. The van der Waals surface area contributed by atoms with Gasteiger partial charge in [0.05, 0.1) is 5.75 Å². The molecule has 0 atom stereocenters. The third-order valence-corrected chi connectivity index (χ3v) is 3.73. The average Bonchev–Trinajstić information content (AvgIpc) is 2.30. The Balaban J connectivity index is 2.24. The molecule has 1 aliphatic heterocycles. The van der Waals surface area contributed by atoms with Crippen LogP contribution in [0, 0.1) is 0 Å². The van der Waals surface area contributed by atoms with E-state index in [4.69, 9.17) is 0 Å². The van der Waals surface area contributed by atoms with Gasteiger partial charge < -0.3 is 5.32 Å². The van der Waals surface area contributed by atoms with Gasteiger partial charge in [-0.2, -0.15) is 0 Å². The zero-order valence-corrected chi connectivity index (χ0v) is 10.1. The van der Waals surface area contributed by atoms with Crippen LogP contribution in [0.1, 0.15) is 29.9 Å². The lowest BCUT2D eigenvalue weighted by molar-refractivity contribution is 0.459. The molecular formula is C12H17NO2S. The molecule has 1 heterocycles. The summed E-state index contributed by atoms with van der Waals surface area (Å²) in [5.74, 6) is 0.697. The number of nitrogens with one attached hydrogen (secondary N) is 1. The lowest BCUT2D eigenvalue weighted by Crippen LogP contribution is -2.27. The van der Waals surface area contributed by atoms with E-state index in [0.29, 0.717) is 5.92 Å². The van der Waals surface area contributed by atoms with Crippen LogP contribution in [0.25, 0.3) is 0 Å². The van der Waals surface area contributed by atoms with Crippen LogP contribution in [0.15, 0.2) is 24.3 Å². The normalized spacial score (nSPS) is 17.8. The zero-order valence-electron chi connectivity index (χ0n) is 9.19. The molecule has 0 radical (unpaired) electrons. The molecule has 1 N–H and O–H groups in total. The molecule has 0 saturated carbocycles. The highest BCUT2D eigenvalue weighted by atomic mass is 32.2. The van der Waals surface area contributed by atoms with E-state index in [-0.39, 0.29) is 5.75 Å². The third kappa shape index (κ3) is 2.83. The Hall–Kier alpha value is -0.870. The van der Waals surface area contributed by atoms with Crippen LogP contribution >= 0.6 is 0 Å². The number of benzene rings is 1. The molecule has 1 aromatic rings. The van der Waals surface area contributed by atoms with E-state index in [1.807, 2.05) is 18.2 Å². The van der Waals surface area contributed by atoms with E-state index in [2.05, 4.69) is 11.4 Å². The average molecular weight is 239 g/mol. The first-order valence-corrected chi connectivity index (χ1v) is 7.04. The molecule has 88 valence electrons. The second kappa shape index (κ2) is 5.46. The van der Waals surface area contributed by atoms with Crippen LogP contribution in [0.5, 0.6) is 0 Å². The molecule has 0 unspecified atom stereocenters. The van der Waals surface area contributed by atoms with Crippen molar-refractivity contribution in [1.82, 2.24) is 5.32 Å².